The fourth-order valence-corrected chi connectivity index (χ4v) is 4.19. The second kappa shape index (κ2) is 9.85. The predicted molar refractivity (Wildman–Crippen MR) is 122 cm³/mol. The lowest BCUT2D eigenvalue weighted by Gasteiger charge is -2.27. The largest absolute Gasteiger partial charge is 0.497 e. The van der Waals surface area contributed by atoms with E-state index in [0.717, 1.165) is 27.6 Å². The summed E-state index contributed by atoms with van der Waals surface area (Å²) in [4.78, 5) is 18.3. The van der Waals surface area contributed by atoms with Gasteiger partial charge in [-0.2, -0.15) is 0 Å². The molecule has 3 aromatic rings. The first kappa shape index (κ1) is 21.2. The highest BCUT2D eigenvalue weighted by atomic mass is 32.1. The molecule has 0 fully saturated rings. The van der Waals surface area contributed by atoms with E-state index in [-0.39, 0.29) is 5.91 Å². The Balaban J connectivity index is 1.49. The lowest BCUT2D eigenvalue weighted by Crippen LogP contribution is -2.38. The van der Waals surface area contributed by atoms with Crippen molar-refractivity contribution in [3.63, 3.8) is 0 Å². The Kier molecular flexibility index (Phi) is 6.74. The molecule has 0 bridgehead atoms. The SMILES string of the molecule is COc1ccc(CN(C)CC(=O)N(Cc2cccs2)c2ccc3c(c2)OCCO3)cc1. The maximum atomic E-state index is 13.3. The number of benzene rings is 2. The monoisotopic (exact) mass is 438 g/mol. The van der Waals surface area contributed by atoms with Crippen LogP contribution in [-0.4, -0.2) is 44.7 Å². The summed E-state index contributed by atoms with van der Waals surface area (Å²) in [6.07, 6.45) is 0. The summed E-state index contributed by atoms with van der Waals surface area (Å²) in [5.41, 5.74) is 1.93. The van der Waals surface area contributed by atoms with E-state index in [1.54, 1.807) is 18.4 Å². The molecule has 2 heterocycles. The van der Waals surface area contributed by atoms with E-state index >= 15 is 0 Å². The van der Waals surface area contributed by atoms with Gasteiger partial charge in [-0.25, -0.2) is 0 Å². The van der Waals surface area contributed by atoms with E-state index < -0.39 is 0 Å². The van der Waals surface area contributed by atoms with Crippen molar-refractivity contribution >= 4 is 22.9 Å². The van der Waals surface area contributed by atoms with Crippen LogP contribution in [0.15, 0.2) is 60.0 Å². The van der Waals surface area contributed by atoms with Crippen molar-refractivity contribution in [3.05, 3.63) is 70.4 Å². The molecule has 31 heavy (non-hydrogen) atoms. The highest BCUT2D eigenvalue weighted by Gasteiger charge is 2.21. The van der Waals surface area contributed by atoms with Crippen LogP contribution >= 0.6 is 11.3 Å². The smallest absolute Gasteiger partial charge is 0.241 e. The van der Waals surface area contributed by atoms with E-state index in [4.69, 9.17) is 14.2 Å². The second-order valence-corrected chi connectivity index (χ2v) is 8.44. The number of ether oxygens (including phenoxy) is 3. The molecule has 0 aliphatic carbocycles. The fraction of sp³-hybridized carbons (Fsp3) is 0.292. The number of carbonyl (C=O) groups excluding carboxylic acids is 1. The molecule has 7 heteroatoms. The molecule has 0 N–H and O–H groups in total. The minimum Gasteiger partial charge on any atom is -0.497 e. The van der Waals surface area contributed by atoms with Gasteiger partial charge in [-0.1, -0.05) is 18.2 Å². The third kappa shape index (κ3) is 5.37. The van der Waals surface area contributed by atoms with Crippen LogP contribution in [0.1, 0.15) is 10.4 Å². The fourth-order valence-electron chi connectivity index (χ4n) is 3.50. The molecule has 0 atom stereocenters. The molecule has 6 nitrogen and oxygen atoms in total. The Labute approximate surface area is 186 Å². The Hall–Kier alpha value is -3.03. The van der Waals surface area contributed by atoms with E-state index in [0.29, 0.717) is 38.6 Å². The van der Waals surface area contributed by atoms with E-state index in [2.05, 4.69) is 0 Å². The van der Waals surface area contributed by atoms with Crippen molar-refractivity contribution in [3.8, 4) is 17.2 Å². The van der Waals surface area contributed by atoms with Crippen molar-refractivity contribution < 1.29 is 19.0 Å². The van der Waals surface area contributed by atoms with Crippen LogP contribution in [0.3, 0.4) is 0 Å². The summed E-state index contributed by atoms with van der Waals surface area (Å²) in [5.74, 6) is 2.25. The first-order valence-electron chi connectivity index (χ1n) is 10.2. The van der Waals surface area contributed by atoms with Gasteiger partial charge in [0.1, 0.15) is 19.0 Å². The van der Waals surface area contributed by atoms with Gasteiger partial charge in [-0.3, -0.25) is 9.69 Å². The number of amides is 1. The summed E-state index contributed by atoms with van der Waals surface area (Å²) in [7, 11) is 3.61. The first-order chi connectivity index (χ1) is 15.1. The Morgan fingerprint density at radius 2 is 1.81 bits per heavy atom. The van der Waals surface area contributed by atoms with Gasteiger partial charge in [0.05, 0.1) is 20.2 Å². The molecule has 2 aromatic carbocycles. The first-order valence-corrected chi connectivity index (χ1v) is 11.0. The average Bonchev–Trinajstić information content (AvgIpc) is 3.31. The number of fused-ring (bicyclic) bond motifs is 1. The number of carbonyl (C=O) groups is 1. The number of rotatable bonds is 8. The lowest BCUT2D eigenvalue weighted by molar-refractivity contribution is -0.119. The van der Waals surface area contributed by atoms with E-state index in [9.17, 15) is 4.79 Å². The summed E-state index contributed by atoms with van der Waals surface area (Å²) in [6.45, 7) is 2.54. The van der Waals surface area contributed by atoms with Crippen LogP contribution < -0.4 is 19.1 Å². The van der Waals surface area contributed by atoms with Crippen LogP contribution in [0.4, 0.5) is 5.69 Å². The normalized spacial score (nSPS) is 12.6. The quantitative estimate of drug-likeness (QED) is 0.528. The van der Waals surface area contributed by atoms with E-state index in [1.807, 2.05) is 76.8 Å². The van der Waals surface area contributed by atoms with Gasteiger partial charge in [-0.05, 0) is 48.3 Å². The van der Waals surface area contributed by atoms with Gasteiger partial charge in [0.25, 0.3) is 0 Å². The van der Waals surface area contributed by atoms with Crippen molar-refractivity contribution in [2.24, 2.45) is 0 Å². The van der Waals surface area contributed by atoms with Gasteiger partial charge >= 0.3 is 0 Å². The predicted octanol–water partition coefficient (Wildman–Crippen LogP) is 4.19. The van der Waals surface area contributed by atoms with Crippen LogP contribution in [0.5, 0.6) is 17.2 Å². The summed E-state index contributed by atoms with van der Waals surface area (Å²) in [5, 5.41) is 2.03. The third-order valence-electron chi connectivity index (χ3n) is 5.05. The number of hydrogen-bond donors (Lipinski definition) is 0. The molecular weight excluding hydrogens is 412 g/mol. The molecule has 0 saturated heterocycles. The molecular formula is C24H26N2O4S. The zero-order chi connectivity index (χ0) is 21.6. The van der Waals surface area contributed by atoms with Gasteiger partial charge in [-0.15, -0.1) is 11.3 Å². The van der Waals surface area contributed by atoms with Crippen molar-refractivity contribution in [1.82, 2.24) is 4.90 Å². The number of anilines is 1. The highest BCUT2D eigenvalue weighted by molar-refractivity contribution is 7.09. The number of hydrogen-bond acceptors (Lipinski definition) is 6. The van der Waals surface area contributed by atoms with Crippen LogP contribution in [0.25, 0.3) is 0 Å². The number of nitrogens with zero attached hydrogens (tertiary/aromatic N) is 2. The Morgan fingerprint density at radius 3 is 2.52 bits per heavy atom. The van der Waals surface area contributed by atoms with Crippen molar-refractivity contribution in [2.45, 2.75) is 13.1 Å². The molecule has 1 aromatic heterocycles. The molecule has 0 spiro atoms. The molecule has 1 aliphatic rings. The molecule has 0 unspecified atom stereocenters. The standard InChI is InChI=1S/C24H26N2O4S/c1-25(15-18-5-8-20(28-2)9-6-18)17-24(27)26(16-21-4-3-13-31-21)19-7-10-22-23(14-19)30-12-11-29-22/h3-10,13-14H,11-12,15-17H2,1-2H3. The minimum absolute atomic E-state index is 0.0288. The van der Waals surface area contributed by atoms with Crippen LogP contribution in [0, 0.1) is 0 Å². The average molecular weight is 439 g/mol. The van der Waals surface area contributed by atoms with Crippen molar-refractivity contribution in [1.29, 1.82) is 0 Å². The Bertz CT molecular complexity index is 1000. The Morgan fingerprint density at radius 1 is 1.03 bits per heavy atom. The third-order valence-corrected chi connectivity index (χ3v) is 5.91. The van der Waals surface area contributed by atoms with E-state index in [1.165, 1.54) is 0 Å². The zero-order valence-corrected chi connectivity index (χ0v) is 18.6. The van der Waals surface area contributed by atoms with Gasteiger partial charge in [0, 0.05) is 23.2 Å². The van der Waals surface area contributed by atoms with Gasteiger partial charge in [0.2, 0.25) is 5.91 Å². The molecule has 1 aliphatic heterocycles. The second-order valence-electron chi connectivity index (χ2n) is 7.41. The van der Waals surface area contributed by atoms with Crippen LogP contribution in [0.2, 0.25) is 0 Å². The molecule has 0 radical (unpaired) electrons. The molecule has 1 amide bonds. The molecule has 4 rings (SSSR count). The highest BCUT2D eigenvalue weighted by Crippen LogP contribution is 2.34. The van der Waals surface area contributed by atoms with Crippen LogP contribution in [-0.2, 0) is 17.9 Å². The lowest BCUT2D eigenvalue weighted by atomic mass is 10.2. The summed E-state index contributed by atoms with van der Waals surface area (Å²) in [6, 6.07) is 17.6. The number of methoxy groups -OCH3 is 1. The maximum absolute atomic E-state index is 13.3. The van der Waals surface area contributed by atoms with Gasteiger partial charge in [0.15, 0.2) is 11.5 Å². The molecule has 162 valence electrons. The summed E-state index contributed by atoms with van der Waals surface area (Å²) < 4.78 is 16.6. The summed E-state index contributed by atoms with van der Waals surface area (Å²) >= 11 is 1.64. The molecule has 0 saturated carbocycles. The topological polar surface area (TPSA) is 51.2 Å². The number of likely N-dealkylation sites (N-methyl/N-ethyl adjacent to an activating group) is 1. The zero-order valence-electron chi connectivity index (χ0n) is 17.7. The number of thiophene rings is 1. The minimum atomic E-state index is 0.0288. The maximum Gasteiger partial charge on any atom is 0.241 e. The van der Waals surface area contributed by atoms with Crippen molar-refractivity contribution in [2.75, 3.05) is 38.8 Å². The van der Waals surface area contributed by atoms with Gasteiger partial charge < -0.3 is 19.1 Å².